The zero-order valence-electron chi connectivity index (χ0n) is 21.0. The third-order valence-corrected chi connectivity index (χ3v) is 6.62. The average Bonchev–Trinajstić information content (AvgIpc) is 3.26. The summed E-state index contributed by atoms with van der Waals surface area (Å²) in [6, 6.07) is 14.3. The van der Waals surface area contributed by atoms with Gasteiger partial charge in [-0.15, -0.1) is 16.7 Å². The molecule has 37 heavy (non-hydrogen) atoms. The number of carboxylic acid groups (broad SMARTS) is 1. The van der Waals surface area contributed by atoms with E-state index in [0.717, 1.165) is 10.5 Å². The molecule has 196 valence electrons. The molecule has 0 fully saturated rings. The molecular formula is C26H29Cl2N5O4. The van der Waals surface area contributed by atoms with Crippen molar-refractivity contribution in [1.82, 2.24) is 19.9 Å². The summed E-state index contributed by atoms with van der Waals surface area (Å²) in [5, 5.41) is 21.3. The lowest BCUT2D eigenvalue weighted by Gasteiger charge is -2.48. The van der Waals surface area contributed by atoms with Crippen molar-refractivity contribution in [2.45, 2.75) is 39.7 Å². The summed E-state index contributed by atoms with van der Waals surface area (Å²) in [7, 11) is 0. The SMILES string of the molecule is Cc1ccc(-n2cc(Cl)nn2)c(NC(=O)CN(C(=O)CCl)[C@@](Cc2ccccc2)(C(=O)O)C(C)(C)C)c1. The smallest absolute Gasteiger partial charge is 0.330 e. The largest absolute Gasteiger partial charge is 0.479 e. The number of carboxylic acids is 1. The molecule has 11 heteroatoms. The van der Waals surface area contributed by atoms with Crippen molar-refractivity contribution in [3.05, 3.63) is 71.0 Å². The fraction of sp³-hybridized carbons (Fsp3) is 0.346. The molecule has 3 aromatic rings. The normalized spacial score (nSPS) is 13.0. The van der Waals surface area contributed by atoms with Gasteiger partial charge in [-0.2, -0.15) is 0 Å². The van der Waals surface area contributed by atoms with Gasteiger partial charge < -0.3 is 15.3 Å². The third-order valence-electron chi connectivity index (χ3n) is 6.21. The topological polar surface area (TPSA) is 117 Å². The van der Waals surface area contributed by atoms with Crippen molar-refractivity contribution >= 4 is 46.7 Å². The quantitative estimate of drug-likeness (QED) is 0.386. The van der Waals surface area contributed by atoms with Gasteiger partial charge in [0.25, 0.3) is 0 Å². The number of carbonyl (C=O) groups excluding carboxylic acids is 2. The predicted molar refractivity (Wildman–Crippen MR) is 142 cm³/mol. The Kier molecular flexibility index (Phi) is 8.60. The molecule has 1 atom stereocenters. The summed E-state index contributed by atoms with van der Waals surface area (Å²) >= 11 is 11.8. The fourth-order valence-electron chi connectivity index (χ4n) is 4.32. The van der Waals surface area contributed by atoms with E-state index in [2.05, 4.69) is 15.6 Å². The molecule has 0 saturated heterocycles. The highest BCUT2D eigenvalue weighted by molar-refractivity contribution is 6.29. The molecule has 1 aromatic heterocycles. The Morgan fingerprint density at radius 1 is 1.11 bits per heavy atom. The molecule has 0 aliphatic carbocycles. The van der Waals surface area contributed by atoms with Gasteiger partial charge >= 0.3 is 5.97 Å². The number of hydrogen-bond acceptors (Lipinski definition) is 5. The highest BCUT2D eigenvalue weighted by Crippen LogP contribution is 2.40. The van der Waals surface area contributed by atoms with Crippen LogP contribution in [-0.2, 0) is 20.8 Å². The van der Waals surface area contributed by atoms with Crippen LogP contribution < -0.4 is 5.32 Å². The lowest BCUT2D eigenvalue weighted by Crippen LogP contribution is -2.67. The number of aryl methyl sites for hydroxylation is 1. The Hall–Kier alpha value is -3.43. The van der Waals surface area contributed by atoms with Gasteiger partial charge in [0.15, 0.2) is 5.15 Å². The second kappa shape index (κ2) is 11.3. The van der Waals surface area contributed by atoms with E-state index in [0.29, 0.717) is 16.9 Å². The van der Waals surface area contributed by atoms with Gasteiger partial charge in [0.1, 0.15) is 18.0 Å². The van der Waals surface area contributed by atoms with Gasteiger partial charge in [-0.05, 0) is 35.6 Å². The van der Waals surface area contributed by atoms with Crippen LogP contribution in [0, 0.1) is 12.3 Å². The summed E-state index contributed by atoms with van der Waals surface area (Å²) in [6.45, 7) is 6.50. The summed E-state index contributed by atoms with van der Waals surface area (Å²) in [5.41, 5.74) is -0.285. The third kappa shape index (κ3) is 6.11. The van der Waals surface area contributed by atoms with E-state index in [-0.39, 0.29) is 11.6 Å². The van der Waals surface area contributed by atoms with Crippen LogP contribution in [0.1, 0.15) is 31.9 Å². The monoisotopic (exact) mass is 545 g/mol. The Morgan fingerprint density at radius 2 is 1.78 bits per heavy atom. The number of carbonyl (C=O) groups is 3. The van der Waals surface area contributed by atoms with E-state index in [4.69, 9.17) is 23.2 Å². The Labute approximate surface area is 225 Å². The molecule has 1 heterocycles. The molecule has 3 rings (SSSR count). The highest BCUT2D eigenvalue weighted by atomic mass is 35.5. The second-order valence-electron chi connectivity index (χ2n) is 9.75. The average molecular weight is 546 g/mol. The van der Waals surface area contributed by atoms with Gasteiger partial charge in [-0.1, -0.05) is 74.0 Å². The molecule has 0 radical (unpaired) electrons. The van der Waals surface area contributed by atoms with Gasteiger partial charge in [0, 0.05) is 6.42 Å². The Balaban J connectivity index is 2.03. The van der Waals surface area contributed by atoms with Gasteiger partial charge in [0.2, 0.25) is 11.8 Å². The molecule has 0 aliphatic heterocycles. The summed E-state index contributed by atoms with van der Waals surface area (Å²) in [4.78, 5) is 40.6. The van der Waals surface area contributed by atoms with E-state index < -0.39 is 41.2 Å². The van der Waals surface area contributed by atoms with Gasteiger partial charge in [-0.25, -0.2) is 9.48 Å². The van der Waals surface area contributed by atoms with Crippen molar-refractivity contribution in [3.63, 3.8) is 0 Å². The number of amides is 2. The van der Waals surface area contributed by atoms with Crippen molar-refractivity contribution < 1.29 is 19.5 Å². The number of aromatic nitrogens is 3. The minimum Gasteiger partial charge on any atom is -0.479 e. The first-order valence-electron chi connectivity index (χ1n) is 11.5. The first kappa shape index (κ1) is 28.1. The zero-order chi connectivity index (χ0) is 27.4. The lowest BCUT2D eigenvalue weighted by atomic mass is 9.68. The van der Waals surface area contributed by atoms with Gasteiger partial charge in [0.05, 0.1) is 17.6 Å². The number of benzene rings is 2. The van der Waals surface area contributed by atoms with Gasteiger partial charge in [-0.3, -0.25) is 9.59 Å². The first-order valence-corrected chi connectivity index (χ1v) is 12.4. The number of alkyl halides is 1. The fourth-order valence-corrected chi connectivity index (χ4v) is 4.59. The van der Waals surface area contributed by atoms with E-state index in [1.54, 1.807) is 57.2 Å². The second-order valence-corrected chi connectivity index (χ2v) is 10.4. The van der Waals surface area contributed by atoms with E-state index in [1.807, 2.05) is 19.1 Å². The highest BCUT2D eigenvalue weighted by Gasteiger charge is 2.55. The zero-order valence-corrected chi connectivity index (χ0v) is 22.5. The number of aliphatic carboxylic acids is 1. The van der Waals surface area contributed by atoms with E-state index in [9.17, 15) is 19.5 Å². The van der Waals surface area contributed by atoms with Crippen LogP contribution in [0.4, 0.5) is 5.69 Å². The van der Waals surface area contributed by atoms with Crippen LogP contribution in [0.3, 0.4) is 0 Å². The van der Waals surface area contributed by atoms with Crippen molar-refractivity contribution in [2.75, 3.05) is 17.7 Å². The van der Waals surface area contributed by atoms with Crippen molar-refractivity contribution in [2.24, 2.45) is 5.41 Å². The molecule has 0 saturated carbocycles. The first-order chi connectivity index (χ1) is 17.4. The van der Waals surface area contributed by atoms with Crippen molar-refractivity contribution in [1.29, 1.82) is 0 Å². The summed E-state index contributed by atoms with van der Waals surface area (Å²) < 4.78 is 1.41. The van der Waals surface area contributed by atoms with Crippen LogP contribution in [0.15, 0.2) is 54.7 Å². The van der Waals surface area contributed by atoms with Crippen LogP contribution in [0.5, 0.6) is 0 Å². The number of hydrogen-bond donors (Lipinski definition) is 2. The van der Waals surface area contributed by atoms with Crippen LogP contribution in [-0.4, -0.2) is 60.7 Å². The predicted octanol–water partition coefficient (Wildman–Crippen LogP) is 4.35. The van der Waals surface area contributed by atoms with Crippen molar-refractivity contribution in [3.8, 4) is 5.69 Å². The maximum atomic E-state index is 13.4. The minimum atomic E-state index is -1.77. The number of anilines is 1. The van der Waals surface area contributed by atoms with Crippen LogP contribution in [0.2, 0.25) is 5.15 Å². The maximum Gasteiger partial charge on any atom is 0.330 e. The molecule has 9 nitrogen and oxygen atoms in total. The molecule has 0 aliphatic rings. The number of rotatable bonds is 9. The van der Waals surface area contributed by atoms with Crippen LogP contribution >= 0.6 is 23.2 Å². The molecule has 2 amide bonds. The maximum absolute atomic E-state index is 13.4. The van der Waals surface area contributed by atoms with Crippen LogP contribution in [0.25, 0.3) is 5.69 Å². The standard InChI is InChI=1S/C26H29Cl2N5O4/c1-17-10-11-20(33-15-21(28)30-31-33)19(12-17)29-22(34)16-32(23(35)14-27)26(24(36)37,25(2,3)4)13-18-8-6-5-7-9-18/h5-12,15H,13-14,16H2,1-4H3,(H,29,34)(H,36,37)/t26-/m0/s1. The van der Waals surface area contributed by atoms with E-state index >= 15 is 0 Å². The Bertz CT molecular complexity index is 1290. The molecule has 0 bridgehead atoms. The molecule has 2 aromatic carbocycles. The lowest BCUT2D eigenvalue weighted by molar-refractivity contribution is -0.168. The Morgan fingerprint density at radius 3 is 2.32 bits per heavy atom. The summed E-state index contributed by atoms with van der Waals surface area (Å²) in [5.74, 6) is -2.99. The number of halogens is 2. The molecule has 0 spiro atoms. The molecule has 0 unspecified atom stereocenters. The van der Waals surface area contributed by atoms with E-state index in [1.165, 1.54) is 10.9 Å². The summed E-state index contributed by atoms with van der Waals surface area (Å²) in [6.07, 6.45) is 1.47. The minimum absolute atomic E-state index is 0.0181. The number of nitrogens with zero attached hydrogens (tertiary/aromatic N) is 4. The molecular weight excluding hydrogens is 517 g/mol. The molecule has 2 N–H and O–H groups in total. The number of nitrogens with one attached hydrogen (secondary N) is 1.